The van der Waals surface area contributed by atoms with Crippen LogP contribution in [0.5, 0.6) is 0 Å². The minimum absolute atomic E-state index is 0.0750. The van der Waals surface area contributed by atoms with Crippen LogP contribution in [0.25, 0.3) is 22.2 Å². The van der Waals surface area contributed by atoms with E-state index in [1.165, 1.54) is 4.90 Å². The predicted octanol–water partition coefficient (Wildman–Crippen LogP) is 4.31. The first-order valence-electron chi connectivity index (χ1n) is 9.75. The summed E-state index contributed by atoms with van der Waals surface area (Å²) in [4.78, 5) is 26.3. The first-order valence-corrected chi connectivity index (χ1v) is 9.75. The highest BCUT2D eigenvalue weighted by Gasteiger charge is 2.44. The number of fused-ring (bicyclic) bond motifs is 1. The Kier molecular flexibility index (Phi) is 5.16. The number of nitrogen functional groups attached to an aromatic ring is 1. The number of hydrogen-bond acceptors (Lipinski definition) is 5. The summed E-state index contributed by atoms with van der Waals surface area (Å²) in [6.07, 6.45) is -2.77. The minimum Gasteiger partial charge on any atom is -0.368 e. The third-order valence-corrected chi connectivity index (χ3v) is 5.50. The molecule has 10 heteroatoms. The molecule has 4 rings (SSSR count). The number of halogens is 3. The van der Waals surface area contributed by atoms with Gasteiger partial charge in [-0.25, -0.2) is 14.8 Å². The second-order valence-corrected chi connectivity index (χ2v) is 7.70. The zero-order valence-corrected chi connectivity index (χ0v) is 17.0. The number of carbonyl (C=O) groups excluding carboxylic acids is 1. The maximum atomic E-state index is 12.9. The van der Waals surface area contributed by atoms with E-state index < -0.39 is 18.1 Å². The lowest BCUT2D eigenvalue weighted by Gasteiger charge is -2.19. The van der Waals surface area contributed by atoms with Gasteiger partial charge < -0.3 is 16.0 Å². The number of aryl methyl sites for hydroxylation is 2. The van der Waals surface area contributed by atoms with Gasteiger partial charge in [-0.3, -0.25) is 0 Å². The Morgan fingerprint density at radius 3 is 2.68 bits per heavy atom. The van der Waals surface area contributed by atoms with E-state index >= 15 is 0 Å². The standard InChI is InChI=1S/C21H21F3N6O/c1-11-3-4-15(28-20(31)30-6-5-14(10-30)21(22,23)24)8-16(11)17-7-13-9-26-19(25)29-18(13)27-12(17)2/h3-4,7-9,14H,5-6,10H2,1-2H3,(H,28,31)(H2,25,26,27,29). The van der Waals surface area contributed by atoms with Crippen LogP contribution in [0.4, 0.5) is 29.6 Å². The van der Waals surface area contributed by atoms with E-state index in [1.807, 2.05) is 26.0 Å². The van der Waals surface area contributed by atoms with Gasteiger partial charge in [0.1, 0.15) is 0 Å². The van der Waals surface area contributed by atoms with E-state index in [9.17, 15) is 18.0 Å². The third-order valence-electron chi connectivity index (χ3n) is 5.50. The van der Waals surface area contributed by atoms with Crippen LogP contribution in [0, 0.1) is 19.8 Å². The molecular weight excluding hydrogens is 409 g/mol. The number of nitrogens with one attached hydrogen (secondary N) is 1. The Labute approximate surface area is 176 Å². The van der Waals surface area contributed by atoms with Gasteiger partial charge in [-0.05, 0) is 49.6 Å². The van der Waals surface area contributed by atoms with Gasteiger partial charge >= 0.3 is 12.2 Å². The number of carbonyl (C=O) groups is 1. The minimum atomic E-state index is -4.29. The van der Waals surface area contributed by atoms with Crippen molar-refractivity contribution in [3.05, 3.63) is 41.7 Å². The van der Waals surface area contributed by atoms with Gasteiger partial charge in [0, 0.05) is 41.6 Å². The number of urea groups is 1. The van der Waals surface area contributed by atoms with Gasteiger partial charge in [0.15, 0.2) is 5.65 Å². The molecule has 0 spiro atoms. The predicted molar refractivity (Wildman–Crippen MR) is 111 cm³/mol. The molecule has 31 heavy (non-hydrogen) atoms. The molecule has 1 aromatic carbocycles. The molecule has 162 valence electrons. The molecule has 3 N–H and O–H groups in total. The summed E-state index contributed by atoms with van der Waals surface area (Å²) in [6, 6.07) is 6.72. The molecular formula is C21H21F3N6O. The summed E-state index contributed by atoms with van der Waals surface area (Å²) in [7, 11) is 0. The number of hydrogen-bond donors (Lipinski definition) is 2. The van der Waals surface area contributed by atoms with E-state index in [4.69, 9.17) is 5.73 Å². The van der Waals surface area contributed by atoms with Crippen molar-refractivity contribution in [3.63, 3.8) is 0 Å². The molecule has 0 bridgehead atoms. The van der Waals surface area contributed by atoms with Gasteiger partial charge in [-0.15, -0.1) is 0 Å². The quantitative estimate of drug-likeness (QED) is 0.632. The van der Waals surface area contributed by atoms with Crippen molar-refractivity contribution in [3.8, 4) is 11.1 Å². The number of alkyl halides is 3. The Bertz CT molecular complexity index is 1160. The number of aromatic nitrogens is 3. The lowest BCUT2D eigenvalue weighted by molar-refractivity contribution is -0.169. The van der Waals surface area contributed by atoms with E-state index in [2.05, 4.69) is 20.3 Å². The topological polar surface area (TPSA) is 97.0 Å². The molecule has 2 amide bonds. The normalized spacial score (nSPS) is 16.7. The van der Waals surface area contributed by atoms with Crippen LogP contribution in [0.2, 0.25) is 0 Å². The molecule has 1 aliphatic rings. The molecule has 7 nitrogen and oxygen atoms in total. The van der Waals surface area contributed by atoms with Gasteiger partial charge in [-0.1, -0.05) is 6.07 Å². The zero-order chi connectivity index (χ0) is 22.3. The molecule has 1 saturated heterocycles. The van der Waals surface area contributed by atoms with Crippen LogP contribution in [-0.2, 0) is 0 Å². The molecule has 1 atom stereocenters. The smallest absolute Gasteiger partial charge is 0.368 e. The average Bonchev–Trinajstić information content (AvgIpc) is 3.20. The lowest BCUT2D eigenvalue weighted by atomic mass is 9.98. The Hall–Kier alpha value is -3.43. The van der Waals surface area contributed by atoms with Gasteiger partial charge in [0.2, 0.25) is 5.95 Å². The van der Waals surface area contributed by atoms with E-state index in [0.29, 0.717) is 11.3 Å². The van der Waals surface area contributed by atoms with Crippen LogP contribution >= 0.6 is 0 Å². The number of pyridine rings is 1. The van der Waals surface area contributed by atoms with Crippen molar-refractivity contribution in [1.82, 2.24) is 19.9 Å². The fourth-order valence-corrected chi connectivity index (χ4v) is 3.74. The van der Waals surface area contributed by atoms with Crippen molar-refractivity contribution in [2.45, 2.75) is 26.4 Å². The molecule has 0 radical (unpaired) electrons. The van der Waals surface area contributed by atoms with E-state index in [-0.39, 0.29) is 25.5 Å². The molecule has 3 heterocycles. The summed E-state index contributed by atoms with van der Waals surface area (Å²) in [6.45, 7) is 3.52. The van der Waals surface area contributed by atoms with Crippen LogP contribution in [0.15, 0.2) is 30.5 Å². The number of anilines is 2. The molecule has 1 unspecified atom stereocenters. The highest BCUT2D eigenvalue weighted by molar-refractivity contribution is 5.91. The molecule has 1 fully saturated rings. The average molecular weight is 430 g/mol. The fraction of sp³-hybridized carbons (Fsp3) is 0.333. The fourth-order valence-electron chi connectivity index (χ4n) is 3.74. The number of nitrogens with two attached hydrogens (primary N) is 1. The number of benzene rings is 1. The Morgan fingerprint density at radius 2 is 1.97 bits per heavy atom. The van der Waals surface area contributed by atoms with Crippen LogP contribution in [0.3, 0.4) is 0 Å². The van der Waals surface area contributed by atoms with Crippen molar-refractivity contribution >= 4 is 28.7 Å². The van der Waals surface area contributed by atoms with Crippen molar-refractivity contribution in [2.24, 2.45) is 5.92 Å². The van der Waals surface area contributed by atoms with E-state index in [1.54, 1.807) is 18.3 Å². The number of nitrogens with zero attached hydrogens (tertiary/aromatic N) is 4. The molecule has 1 aliphatic heterocycles. The lowest BCUT2D eigenvalue weighted by Crippen LogP contribution is -2.35. The second kappa shape index (κ2) is 7.68. The first-order chi connectivity index (χ1) is 14.6. The summed E-state index contributed by atoms with van der Waals surface area (Å²) in [5.41, 5.74) is 9.98. The van der Waals surface area contributed by atoms with Crippen molar-refractivity contribution < 1.29 is 18.0 Å². The van der Waals surface area contributed by atoms with Crippen molar-refractivity contribution in [2.75, 3.05) is 24.1 Å². The van der Waals surface area contributed by atoms with Crippen LogP contribution in [0.1, 0.15) is 17.7 Å². The van der Waals surface area contributed by atoms with Crippen LogP contribution < -0.4 is 11.1 Å². The third kappa shape index (κ3) is 4.23. The highest BCUT2D eigenvalue weighted by Crippen LogP contribution is 2.34. The second-order valence-electron chi connectivity index (χ2n) is 7.70. The van der Waals surface area contributed by atoms with Crippen LogP contribution in [-0.4, -0.2) is 45.1 Å². The monoisotopic (exact) mass is 430 g/mol. The zero-order valence-electron chi connectivity index (χ0n) is 17.0. The summed E-state index contributed by atoms with van der Waals surface area (Å²) < 4.78 is 38.7. The largest absolute Gasteiger partial charge is 0.393 e. The maximum Gasteiger partial charge on any atom is 0.393 e. The SMILES string of the molecule is Cc1ccc(NC(=O)N2CCC(C(F)(F)F)C2)cc1-c1cc2cnc(N)nc2nc1C. The van der Waals surface area contributed by atoms with Crippen molar-refractivity contribution in [1.29, 1.82) is 0 Å². The van der Waals surface area contributed by atoms with E-state index in [0.717, 1.165) is 27.8 Å². The van der Waals surface area contributed by atoms with Gasteiger partial charge in [-0.2, -0.15) is 18.2 Å². The van der Waals surface area contributed by atoms with Gasteiger partial charge in [0.25, 0.3) is 0 Å². The molecule has 0 aliphatic carbocycles. The highest BCUT2D eigenvalue weighted by atomic mass is 19.4. The molecule has 2 aromatic heterocycles. The summed E-state index contributed by atoms with van der Waals surface area (Å²) in [5, 5.41) is 3.44. The number of amides is 2. The number of likely N-dealkylation sites (tertiary alicyclic amines) is 1. The molecule has 3 aromatic rings. The first kappa shape index (κ1) is 20.8. The number of rotatable bonds is 2. The Morgan fingerprint density at radius 1 is 1.19 bits per heavy atom. The molecule has 0 saturated carbocycles. The summed E-state index contributed by atoms with van der Waals surface area (Å²) in [5.74, 6) is -1.34. The van der Waals surface area contributed by atoms with Gasteiger partial charge in [0.05, 0.1) is 5.92 Å². The Balaban J connectivity index is 1.60. The summed E-state index contributed by atoms with van der Waals surface area (Å²) >= 11 is 0. The maximum absolute atomic E-state index is 12.9.